The molecule has 2 aliphatic rings. The summed E-state index contributed by atoms with van der Waals surface area (Å²) in [5.41, 5.74) is 4.15. The third-order valence-corrected chi connectivity index (χ3v) is 5.01. The number of carboxylic acids is 2. The molecule has 2 aromatic carbocycles. The summed E-state index contributed by atoms with van der Waals surface area (Å²) in [5, 5.41) is 18.7. The summed E-state index contributed by atoms with van der Waals surface area (Å²) in [6.07, 6.45) is 0.426. The van der Waals surface area contributed by atoms with Crippen LogP contribution in [0.2, 0.25) is 0 Å². The Balaban J connectivity index is 1.75. The molecule has 2 aromatic rings. The molecule has 0 aliphatic carbocycles. The average Bonchev–Trinajstić information content (AvgIpc) is 3.13. The maximum atomic E-state index is 11.5. The Hall–Kier alpha value is -3.28. The minimum atomic E-state index is -1.02. The van der Waals surface area contributed by atoms with Crippen molar-refractivity contribution in [3.63, 3.8) is 0 Å². The van der Waals surface area contributed by atoms with E-state index in [0.717, 1.165) is 16.8 Å². The van der Waals surface area contributed by atoms with Gasteiger partial charge in [-0.1, -0.05) is 18.2 Å². The van der Waals surface area contributed by atoms with Gasteiger partial charge < -0.3 is 10.2 Å². The van der Waals surface area contributed by atoms with E-state index in [1.54, 1.807) is 18.2 Å². The molecule has 0 bridgehead atoms. The molecule has 26 heavy (non-hydrogen) atoms. The highest BCUT2D eigenvalue weighted by atomic mass is 16.4. The summed E-state index contributed by atoms with van der Waals surface area (Å²) in [4.78, 5) is 31.7. The topological polar surface area (TPSA) is 99.3 Å². The van der Waals surface area contributed by atoms with Crippen molar-refractivity contribution in [2.24, 2.45) is 9.98 Å². The van der Waals surface area contributed by atoms with E-state index < -0.39 is 17.4 Å². The van der Waals surface area contributed by atoms with Crippen LogP contribution in [0.5, 0.6) is 0 Å². The summed E-state index contributed by atoms with van der Waals surface area (Å²) in [7, 11) is 0. The molecule has 0 saturated carbocycles. The zero-order valence-corrected chi connectivity index (χ0v) is 14.3. The second-order valence-electron chi connectivity index (χ2n) is 6.97. The summed E-state index contributed by atoms with van der Waals surface area (Å²) < 4.78 is 0. The fourth-order valence-corrected chi connectivity index (χ4v) is 3.62. The molecule has 0 aromatic heterocycles. The monoisotopic (exact) mass is 348 g/mol. The highest BCUT2D eigenvalue weighted by molar-refractivity contribution is 6.41. The van der Waals surface area contributed by atoms with E-state index in [1.807, 2.05) is 32.0 Å². The molecule has 0 fully saturated rings. The number of nitrogens with zero attached hydrogens (tertiary/aromatic N) is 2. The predicted octanol–water partition coefficient (Wildman–Crippen LogP) is 3.51. The molecule has 0 radical (unpaired) electrons. The molecule has 4 rings (SSSR count). The summed E-state index contributed by atoms with van der Waals surface area (Å²) in [6, 6.07) is 10.7. The number of hydrogen-bond donors (Lipinski definition) is 2. The number of aliphatic imine (C=N–C) groups is 2. The lowest BCUT2D eigenvalue weighted by atomic mass is 9.81. The van der Waals surface area contributed by atoms with E-state index in [2.05, 4.69) is 9.98 Å². The largest absolute Gasteiger partial charge is 0.478 e. The lowest BCUT2D eigenvalue weighted by Crippen LogP contribution is -2.31. The number of aliphatic carboxylic acids is 1. The van der Waals surface area contributed by atoms with Crippen LogP contribution in [-0.2, 0) is 16.6 Å². The molecule has 0 amide bonds. The van der Waals surface area contributed by atoms with Crippen LogP contribution < -0.4 is 0 Å². The van der Waals surface area contributed by atoms with Crippen LogP contribution in [0.25, 0.3) is 0 Å². The van der Waals surface area contributed by atoms with E-state index in [9.17, 15) is 19.8 Å². The fraction of sp³-hybridized carbons (Fsp3) is 0.200. The molecular formula is C20H16N2O4. The van der Waals surface area contributed by atoms with E-state index in [1.165, 1.54) is 0 Å². The van der Waals surface area contributed by atoms with Crippen LogP contribution in [-0.4, -0.2) is 33.6 Å². The third kappa shape index (κ3) is 2.26. The third-order valence-electron chi connectivity index (χ3n) is 5.01. The normalized spacial score (nSPS) is 16.5. The Bertz CT molecular complexity index is 1050. The number of hydrogen-bond acceptors (Lipinski definition) is 4. The minimum absolute atomic E-state index is 0.120. The predicted molar refractivity (Wildman–Crippen MR) is 97.5 cm³/mol. The first-order valence-electron chi connectivity index (χ1n) is 8.19. The Morgan fingerprint density at radius 1 is 1.00 bits per heavy atom. The summed E-state index contributed by atoms with van der Waals surface area (Å²) in [6.45, 7) is 3.68. The minimum Gasteiger partial charge on any atom is -0.478 e. The van der Waals surface area contributed by atoms with Crippen LogP contribution in [0, 0.1) is 0 Å². The van der Waals surface area contributed by atoms with Gasteiger partial charge in [0.2, 0.25) is 0 Å². The van der Waals surface area contributed by atoms with E-state index in [4.69, 9.17) is 0 Å². The maximum absolute atomic E-state index is 11.5. The van der Waals surface area contributed by atoms with Crippen LogP contribution in [0.3, 0.4) is 0 Å². The van der Waals surface area contributed by atoms with Gasteiger partial charge in [-0.25, -0.2) is 14.6 Å². The number of aromatic carboxylic acids is 1. The first-order chi connectivity index (χ1) is 12.3. The smallest absolute Gasteiger partial charge is 0.351 e. The SMILES string of the molecule is CC1(C)C(C(=O)O)=Nc2cc(C3=Nc4cccc(C(=O)O)c4C3)ccc21. The molecule has 2 heterocycles. The van der Waals surface area contributed by atoms with Gasteiger partial charge in [0, 0.05) is 11.8 Å². The lowest BCUT2D eigenvalue weighted by Gasteiger charge is -2.19. The first kappa shape index (κ1) is 16.2. The van der Waals surface area contributed by atoms with Gasteiger partial charge in [-0.05, 0) is 48.7 Å². The van der Waals surface area contributed by atoms with Crippen molar-refractivity contribution in [2.45, 2.75) is 25.7 Å². The van der Waals surface area contributed by atoms with Crippen LogP contribution >= 0.6 is 0 Å². The fourth-order valence-electron chi connectivity index (χ4n) is 3.62. The number of carbonyl (C=O) groups is 2. The average molecular weight is 348 g/mol. The van der Waals surface area contributed by atoms with Crippen molar-refractivity contribution in [3.05, 3.63) is 58.7 Å². The quantitative estimate of drug-likeness (QED) is 0.886. The van der Waals surface area contributed by atoms with Crippen molar-refractivity contribution in [1.82, 2.24) is 0 Å². The van der Waals surface area contributed by atoms with E-state index in [0.29, 0.717) is 23.4 Å². The van der Waals surface area contributed by atoms with Gasteiger partial charge >= 0.3 is 11.9 Å². The molecular weight excluding hydrogens is 332 g/mol. The van der Waals surface area contributed by atoms with Crippen LogP contribution in [0.4, 0.5) is 11.4 Å². The molecule has 0 unspecified atom stereocenters. The molecule has 2 aliphatic heterocycles. The summed E-state index contributed by atoms with van der Waals surface area (Å²) in [5.74, 6) is -1.99. The van der Waals surface area contributed by atoms with Gasteiger partial charge in [0.25, 0.3) is 0 Å². The summed E-state index contributed by atoms with van der Waals surface area (Å²) >= 11 is 0. The Morgan fingerprint density at radius 2 is 1.77 bits per heavy atom. The zero-order valence-electron chi connectivity index (χ0n) is 14.3. The van der Waals surface area contributed by atoms with Crippen molar-refractivity contribution >= 4 is 34.7 Å². The number of fused-ring (bicyclic) bond motifs is 2. The number of carboxylic acid groups (broad SMARTS) is 2. The van der Waals surface area contributed by atoms with Gasteiger partial charge in [0.1, 0.15) is 5.71 Å². The zero-order chi connectivity index (χ0) is 18.6. The molecule has 6 nitrogen and oxygen atoms in total. The first-order valence-corrected chi connectivity index (χ1v) is 8.19. The van der Waals surface area contributed by atoms with Crippen molar-refractivity contribution in [2.75, 3.05) is 0 Å². The van der Waals surface area contributed by atoms with Crippen molar-refractivity contribution in [1.29, 1.82) is 0 Å². The van der Waals surface area contributed by atoms with Gasteiger partial charge in [-0.15, -0.1) is 0 Å². The second-order valence-corrected chi connectivity index (χ2v) is 6.97. The standard InChI is InChI=1S/C20H16N2O4/c1-20(2)13-7-6-10(8-16(13)22-17(20)19(25)26)15-9-12-11(18(23)24)4-3-5-14(12)21-15/h3-8H,9H2,1-2H3,(H,23,24)(H,25,26). The molecule has 130 valence electrons. The van der Waals surface area contributed by atoms with E-state index in [-0.39, 0.29) is 11.3 Å². The van der Waals surface area contributed by atoms with Crippen LogP contribution in [0.1, 0.15) is 40.9 Å². The van der Waals surface area contributed by atoms with Crippen molar-refractivity contribution < 1.29 is 19.8 Å². The molecule has 6 heteroatoms. The van der Waals surface area contributed by atoms with E-state index >= 15 is 0 Å². The van der Waals surface area contributed by atoms with Gasteiger partial charge in [-0.3, -0.25) is 4.99 Å². The molecule has 0 spiro atoms. The second kappa shape index (κ2) is 5.36. The van der Waals surface area contributed by atoms with Gasteiger partial charge in [0.05, 0.1) is 22.6 Å². The van der Waals surface area contributed by atoms with Gasteiger partial charge in [-0.2, -0.15) is 0 Å². The number of rotatable bonds is 3. The number of benzene rings is 2. The highest BCUT2D eigenvalue weighted by Gasteiger charge is 2.39. The molecule has 0 saturated heterocycles. The van der Waals surface area contributed by atoms with Gasteiger partial charge in [0.15, 0.2) is 0 Å². The highest BCUT2D eigenvalue weighted by Crippen LogP contribution is 2.41. The lowest BCUT2D eigenvalue weighted by molar-refractivity contribution is -0.129. The maximum Gasteiger partial charge on any atom is 0.351 e. The Morgan fingerprint density at radius 3 is 2.46 bits per heavy atom. The Kier molecular flexibility index (Phi) is 3.34. The van der Waals surface area contributed by atoms with Crippen LogP contribution in [0.15, 0.2) is 46.4 Å². The Labute approximate surface area is 149 Å². The van der Waals surface area contributed by atoms with Crippen molar-refractivity contribution in [3.8, 4) is 0 Å². The molecule has 0 atom stereocenters. The molecule has 2 N–H and O–H groups in total.